The Labute approximate surface area is 204 Å². The first kappa shape index (κ1) is 29.8. The number of benzene rings is 1. The summed E-state index contributed by atoms with van der Waals surface area (Å²) in [5.41, 5.74) is 1.86. The van der Waals surface area contributed by atoms with Crippen LogP contribution in [-0.4, -0.2) is 38.5 Å². The number of halogens is 1. The molecule has 0 fully saturated rings. The van der Waals surface area contributed by atoms with Gasteiger partial charge in [-0.25, -0.2) is 14.6 Å². The zero-order valence-corrected chi connectivity index (χ0v) is 22.0. The first-order chi connectivity index (χ1) is 16.0. The largest absolute Gasteiger partial charge is 0.354 e. The molecular formula is C24H34BrN7O. The molecule has 9 heteroatoms. The van der Waals surface area contributed by atoms with E-state index in [0.29, 0.717) is 5.82 Å². The number of hydrogen-bond acceptors (Lipinski definition) is 6. The molecule has 8 nitrogen and oxygen atoms in total. The van der Waals surface area contributed by atoms with Crippen LogP contribution in [0.25, 0.3) is 11.4 Å². The van der Waals surface area contributed by atoms with E-state index < -0.39 is 0 Å². The third-order valence-electron chi connectivity index (χ3n) is 3.73. The van der Waals surface area contributed by atoms with Crippen LogP contribution in [0.2, 0.25) is 0 Å². The lowest BCUT2D eigenvalue weighted by Crippen LogP contribution is -2.33. The molecule has 1 amide bonds. The average molecular weight is 516 g/mol. The number of amides is 1. The second kappa shape index (κ2) is 16.4. The Hall–Kier alpha value is -3.20. The van der Waals surface area contributed by atoms with Gasteiger partial charge in [0.1, 0.15) is 17.0 Å². The summed E-state index contributed by atoms with van der Waals surface area (Å²) in [6.45, 7) is 12.0. The molecule has 0 saturated carbocycles. The predicted molar refractivity (Wildman–Crippen MR) is 138 cm³/mol. The van der Waals surface area contributed by atoms with Crippen molar-refractivity contribution >= 4 is 27.7 Å². The molecule has 3 rings (SSSR count). The van der Waals surface area contributed by atoms with Gasteiger partial charge in [-0.1, -0.05) is 59.7 Å². The molecule has 0 bridgehead atoms. The van der Waals surface area contributed by atoms with Crippen LogP contribution in [0.1, 0.15) is 57.6 Å². The monoisotopic (exact) mass is 515 g/mol. The highest BCUT2D eigenvalue weighted by molar-refractivity contribution is 9.10. The predicted octanol–water partition coefficient (Wildman–Crippen LogP) is 5.09. The summed E-state index contributed by atoms with van der Waals surface area (Å²) in [6.07, 6.45) is 3.59. The van der Waals surface area contributed by atoms with Gasteiger partial charge in [-0.2, -0.15) is 5.10 Å². The van der Waals surface area contributed by atoms with E-state index >= 15 is 0 Å². The minimum atomic E-state index is -0.370. The molecule has 2 aromatic heterocycles. The highest BCUT2D eigenvalue weighted by atomic mass is 79.9. The fourth-order valence-corrected chi connectivity index (χ4v) is 2.63. The van der Waals surface area contributed by atoms with Crippen molar-refractivity contribution in [3.8, 4) is 11.4 Å². The van der Waals surface area contributed by atoms with Gasteiger partial charge in [-0.3, -0.25) is 15.6 Å². The number of hydrogen-bond donors (Lipinski definition) is 3. The maximum absolute atomic E-state index is 11.7. The minimum Gasteiger partial charge on any atom is -0.354 e. The van der Waals surface area contributed by atoms with Crippen molar-refractivity contribution in [2.24, 2.45) is 0 Å². The third-order valence-corrected chi connectivity index (χ3v) is 4.14. The molecule has 0 aliphatic heterocycles. The summed E-state index contributed by atoms with van der Waals surface area (Å²) < 4.78 is 1.94. The van der Waals surface area contributed by atoms with Crippen molar-refractivity contribution in [1.82, 2.24) is 25.1 Å². The van der Waals surface area contributed by atoms with Gasteiger partial charge in [0.25, 0.3) is 5.91 Å². The molecule has 178 valence electrons. The number of aromatic nitrogens is 4. The first-order valence-corrected chi connectivity index (χ1v) is 11.8. The molecule has 0 atom stereocenters. The second-order valence-electron chi connectivity index (χ2n) is 5.64. The maximum atomic E-state index is 11.7. The lowest BCUT2D eigenvalue weighted by Gasteiger charge is -2.10. The van der Waals surface area contributed by atoms with Crippen LogP contribution in [0.3, 0.4) is 0 Å². The van der Waals surface area contributed by atoms with Gasteiger partial charge in [0, 0.05) is 31.4 Å². The Morgan fingerprint density at radius 2 is 1.64 bits per heavy atom. The number of rotatable bonds is 4. The van der Waals surface area contributed by atoms with Gasteiger partial charge in [0.15, 0.2) is 5.82 Å². The van der Waals surface area contributed by atoms with Crippen LogP contribution in [0.4, 0.5) is 0 Å². The number of carbonyl (C=O) groups excluding carboxylic acids is 1. The molecule has 0 saturated heterocycles. The van der Waals surface area contributed by atoms with E-state index in [9.17, 15) is 4.79 Å². The van der Waals surface area contributed by atoms with Crippen LogP contribution in [0, 0.1) is 10.8 Å². The van der Waals surface area contributed by atoms with E-state index in [4.69, 9.17) is 10.8 Å². The van der Waals surface area contributed by atoms with E-state index in [2.05, 4.69) is 36.3 Å². The molecule has 33 heavy (non-hydrogen) atoms. The Kier molecular flexibility index (Phi) is 14.8. The lowest BCUT2D eigenvalue weighted by atomic mass is 10.1. The Morgan fingerprint density at radius 3 is 2.21 bits per heavy atom. The SMILES string of the molecule is CC.CC.CC.CNC(=O)c1ccc(=N)n(C(=N)Cc2cccc(-c3ncc(Br)cn3)c2)n1. The smallest absolute Gasteiger partial charge is 0.271 e. The van der Waals surface area contributed by atoms with E-state index in [1.165, 1.54) is 19.2 Å². The standard InChI is InChI=1S/C18H16BrN7O.3C2H6/c1-22-18(27)14-5-6-15(20)26(25-14)16(21)8-11-3-2-4-12(7-11)17-23-9-13(19)10-24-17;3*1-2/h2-7,9-10,20-21H,8H2,1H3,(H,22,27);3*1-2H3. The van der Waals surface area contributed by atoms with Crippen molar-refractivity contribution < 1.29 is 4.79 Å². The van der Waals surface area contributed by atoms with Crippen LogP contribution in [0.15, 0.2) is 53.3 Å². The van der Waals surface area contributed by atoms with Crippen molar-refractivity contribution in [3.05, 3.63) is 70.0 Å². The zero-order valence-electron chi connectivity index (χ0n) is 20.4. The van der Waals surface area contributed by atoms with Gasteiger partial charge < -0.3 is 5.32 Å². The fourth-order valence-electron chi connectivity index (χ4n) is 2.43. The summed E-state index contributed by atoms with van der Waals surface area (Å²) in [5, 5.41) is 22.9. The number of nitrogens with zero attached hydrogens (tertiary/aromatic N) is 4. The van der Waals surface area contributed by atoms with Gasteiger partial charge >= 0.3 is 0 Å². The number of nitrogens with one attached hydrogen (secondary N) is 3. The number of carbonyl (C=O) groups is 1. The van der Waals surface area contributed by atoms with Crippen LogP contribution in [-0.2, 0) is 6.42 Å². The second-order valence-corrected chi connectivity index (χ2v) is 6.56. The van der Waals surface area contributed by atoms with Crippen molar-refractivity contribution in [3.63, 3.8) is 0 Å². The molecule has 1 aromatic carbocycles. The van der Waals surface area contributed by atoms with Crippen molar-refractivity contribution in [2.75, 3.05) is 7.05 Å². The van der Waals surface area contributed by atoms with Gasteiger partial charge in [0.2, 0.25) is 0 Å². The quantitative estimate of drug-likeness (QED) is 0.331. The Morgan fingerprint density at radius 1 is 1.03 bits per heavy atom. The highest BCUT2D eigenvalue weighted by Gasteiger charge is 2.11. The van der Waals surface area contributed by atoms with Gasteiger partial charge in [-0.05, 0) is 39.7 Å². The van der Waals surface area contributed by atoms with E-state index in [-0.39, 0.29) is 29.3 Å². The van der Waals surface area contributed by atoms with E-state index in [1.54, 1.807) is 12.4 Å². The molecule has 0 radical (unpaired) electrons. The molecule has 0 aliphatic carbocycles. The van der Waals surface area contributed by atoms with Crippen LogP contribution in [0.5, 0.6) is 0 Å². The summed E-state index contributed by atoms with van der Waals surface area (Å²) in [6, 6.07) is 10.4. The van der Waals surface area contributed by atoms with Crippen molar-refractivity contribution in [2.45, 2.75) is 48.0 Å². The van der Waals surface area contributed by atoms with Crippen molar-refractivity contribution in [1.29, 1.82) is 10.8 Å². The van der Waals surface area contributed by atoms with Crippen LogP contribution < -0.4 is 10.8 Å². The average Bonchev–Trinajstić information content (AvgIpc) is 2.88. The normalized spacial score (nSPS) is 9.09. The summed E-state index contributed by atoms with van der Waals surface area (Å²) in [5.74, 6) is 0.297. The first-order valence-electron chi connectivity index (χ1n) is 11.0. The highest BCUT2D eigenvalue weighted by Crippen LogP contribution is 2.18. The summed E-state index contributed by atoms with van der Waals surface area (Å²) >= 11 is 3.31. The molecule has 0 unspecified atom stereocenters. The van der Waals surface area contributed by atoms with Gasteiger partial charge in [0.05, 0.1) is 4.47 Å². The molecule has 3 N–H and O–H groups in total. The topological polar surface area (TPSA) is 120 Å². The Bertz CT molecular complexity index is 1060. The maximum Gasteiger partial charge on any atom is 0.271 e. The lowest BCUT2D eigenvalue weighted by molar-refractivity contribution is 0.0956. The van der Waals surface area contributed by atoms with E-state index in [1.807, 2.05) is 65.8 Å². The van der Waals surface area contributed by atoms with Crippen LogP contribution >= 0.6 is 15.9 Å². The Balaban J connectivity index is 0.00000158. The zero-order chi connectivity index (χ0) is 25.4. The molecular weight excluding hydrogens is 482 g/mol. The fraction of sp³-hybridized carbons (Fsp3) is 0.333. The summed E-state index contributed by atoms with van der Waals surface area (Å²) in [7, 11) is 1.50. The van der Waals surface area contributed by atoms with Gasteiger partial charge in [-0.15, -0.1) is 0 Å². The summed E-state index contributed by atoms with van der Waals surface area (Å²) in [4.78, 5) is 20.3. The molecule has 2 heterocycles. The molecule has 3 aromatic rings. The molecule has 0 aliphatic rings. The minimum absolute atomic E-state index is 0.0278. The van der Waals surface area contributed by atoms with E-state index in [0.717, 1.165) is 20.3 Å². The third kappa shape index (κ3) is 9.05. The molecule has 0 spiro atoms.